The highest BCUT2D eigenvalue weighted by Gasteiger charge is 2.57. The summed E-state index contributed by atoms with van der Waals surface area (Å²) in [6.07, 6.45) is 2.96. The van der Waals surface area contributed by atoms with Crippen molar-refractivity contribution in [1.82, 2.24) is 19.7 Å². The summed E-state index contributed by atoms with van der Waals surface area (Å²) in [5.74, 6) is -1.12. The van der Waals surface area contributed by atoms with Crippen molar-refractivity contribution in [2.24, 2.45) is 5.41 Å². The molecule has 3 aliphatic rings. The molecule has 0 spiro atoms. The predicted octanol–water partition coefficient (Wildman–Crippen LogP) is 4.51. The first-order valence-electron chi connectivity index (χ1n) is 14.6. The number of benzene rings is 2. The third kappa shape index (κ3) is 5.54. The quantitative estimate of drug-likeness (QED) is 0.385. The number of aromatic nitrogens is 1. The largest absolute Gasteiger partial charge is 0.384 e. The topological polar surface area (TPSA) is 92.9 Å². The van der Waals surface area contributed by atoms with E-state index in [-0.39, 0.29) is 24.3 Å². The van der Waals surface area contributed by atoms with E-state index in [0.717, 1.165) is 26.2 Å². The molecular formula is C33H35ClFN5O3. The first kappa shape index (κ1) is 29.7. The average molecular weight is 604 g/mol. The summed E-state index contributed by atoms with van der Waals surface area (Å²) in [6.45, 7) is 5.32. The summed E-state index contributed by atoms with van der Waals surface area (Å²) in [7, 11) is 2.06. The molecule has 1 aromatic heterocycles. The van der Waals surface area contributed by atoms with Gasteiger partial charge in [-0.1, -0.05) is 29.8 Å². The molecule has 3 aromatic rings. The molecule has 43 heavy (non-hydrogen) atoms. The number of pyridine rings is 1. The zero-order chi connectivity index (χ0) is 30.4. The lowest BCUT2D eigenvalue weighted by Crippen LogP contribution is -2.49. The van der Waals surface area contributed by atoms with Gasteiger partial charge in [0.05, 0.1) is 47.1 Å². The molecule has 6 rings (SSSR count). The van der Waals surface area contributed by atoms with Crippen molar-refractivity contribution < 1.29 is 19.0 Å². The van der Waals surface area contributed by atoms with Gasteiger partial charge in [0.15, 0.2) is 5.72 Å². The number of carbonyl (C=O) groups excluding carboxylic acids is 1. The van der Waals surface area contributed by atoms with Gasteiger partial charge in [0.25, 0.3) is 5.91 Å². The molecule has 3 heterocycles. The Bertz CT molecular complexity index is 1550. The smallest absolute Gasteiger partial charge is 0.257 e. The van der Waals surface area contributed by atoms with Gasteiger partial charge in [-0.05, 0) is 68.8 Å². The van der Waals surface area contributed by atoms with E-state index >= 15 is 4.39 Å². The Kier molecular flexibility index (Phi) is 7.78. The Morgan fingerprint density at radius 2 is 1.86 bits per heavy atom. The number of rotatable bonds is 9. The van der Waals surface area contributed by atoms with Crippen LogP contribution in [0.5, 0.6) is 0 Å². The minimum Gasteiger partial charge on any atom is -0.384 e. The molecule has 224 valence electrons. The Hall–Kier alpha value is -3.39. The molecule has 2 aliphatic heterocycles. The minimum absolute atomic E-state index is 0.0138. The van der Waals surface area contributed by atoms with E-state index in [2.05, 4.69) is 27.9 Å². The number of β-amino-alcohol motifs (C(OH)–C–C–N with tert-alkyl or cyclic N) is 1. The molecule has 1 saturated heterocycles. The molecule has 2 aromatic carbocycles. The number of nitriles is 1. The highest BCUT2D eigenvalue weighted by Crippen LogP contribution is 2.52. The maximum atomic E-state index is 16.7. The molecule has 1 amide bonds. The predicted molar refractivity (Wildman–Crippen MR) is 159 cm³/mol. The van der Waals surface area contributed by atoms with Crippen LogP contribution in [0.3, 0.4) is 0 Å². The SMILES string of the molecule is CN1CCN(CC(C)(O)c2cc(F)c3c(c2)C(=O)N(Cc2ccccn2)[C@@]3(OCC2(C#N)CC2)c2ccc(Cl)cc2)CC1. The van der Waals surface area contributed by atoms with E-state index in [1.165, 1.54) is 11.0 Å². The van der Waals surface area contributed by atoms with Crippen molar-refractivity contribution >= 4 is 17.5 Å². The molecule has 1 N–H and O–H groups in total. The van der Waals surface area contributed by atoms with Crippen molar-refractivity contribution in [3.05, 3.63) is 99.6 Å². The van der Waals surface area contributed by atoms with Crippen molar-refractivity contribution in [1.29, 1.82) is 5.26 Å². The van der Waals surface area contributed by atoms with E-state index in [9.17, 15) is 15.2 Å². The minimum atomic E-state index is -1.69. The van der Waals surface area contributed by atoms with Crippen LogP contribution in [0.1, 0.15) is 52.5 Å². The zero-order valence-corrected chi connectivity index (χ0v) is 25.1. The van der Waals surface area contributed by atoms with Crippen molar-refractivity contribution in [2.45, 2.75) is 37.6 Å². The van der Waals surface area contributed by atoms with Gasteiger partial charge in [-0.3, -0.25) is 19.6 Å². The Morgan fingerprint density at radius 1 is 1.14 bits per heavy atom. The third-order valence-electron chi connectivity index (χ3n) is 8.96. The molecule has 2 fully saturated rings. The second-order valence-corrected chi connectivity index (χ2v) is 12.7. The van der Waals surface area contributed by atoms with Gasteiger partial charge in [-0.15, -0.1) is 0 Å². The molecular weight excluding hydrogens is 569 g/mol. The number of hydrogen-bond acceptors (Lipinski definition) is 7. The van der Waals surface area contributed by atoms with Gasteiger partial charge in [0.1, 0.15) is 5.82 Å². The fraction of sp³-hybridized carbons (Fsp3) is 0.424. The maximum Gasteiger partial charge on any atom is 0.257 e. The highest BCUT2D eigenvalue weighted by atomic mass is 35.5. The standard InChI is InChI=1S/C33H35ClFN5O3/c1-31(42,21-39-15-13-38(2)14-16-39)24-17-27-29(28(35)18-24)33(23-6-8-25(34)9-7-23,43-22-32(20-36)10-11-32)40(30(27)41)19-26-5-3-4-12-37-26/h3-9,12,17-18,42H,10-11,13-16,19,21-22H2,1-2H3/t31?,33-/m1/s1. The van der Waals surface area contributed by atoms with Gasteiger partial charge in [-0.2, -0.15) is 5.26 Å². The number of aliphatic hydroxyl groups is 1. The number of nitrogens with zero attached hydrogens (tertiary/aromatic N) is 5. The summed E-state index contributed by atoms with van der Waals surface area (Å²) in [4.78, 5) is 24.7. The van der Waals surface area contributed by atoms with Crippen LogP contribution < -0.4 is 0 Å². The summed E-state index contributed by atoms with van der Waals surface area (Å²) >= 11 is 6.25. The molecule has 1 saturated carbocycles. The summed E-state index contributed by atoms with van der Waals surface area (Å²) in [6, 6.07) is 17.4. The van der Waals surface area contributed by atoms with Crippen molar-refractivity contribution in [2.75, 3.05) is 46.4 Å². The number of likely N-dealkylation sites (N-methyl/N-ethyl adjacent to an activating group) is 1. The first-order valence-corrected chi connectivity index (χ1v) is 15.0. The normalized spacial score (nSPS) is 23.1. The van der Waals surface area contributed by atoms with Crippen LogP contribution in [0.2, 0.25) is 5.02 Å². The van der Waals surface area contributed by atoms with Crippen LogP contribution in [0.25, 0.3) is 0 Å². The van der Waals surface area contributed by atoms with Crippen LogP contribution in [0.4, 0.5) is 4.39 Å². The number of amides is 1. The van der Waals surface area contributed by atoms with Crippen LogP contribution in [-0.4, -0.2) is 77.1 Å². The maximum absolute atomic E-state index is 16.7. The van der Waals surface area contributed by atoms with E-state index in [1.807, 2.05) is 6.07 Å². The number of halogens is 2. The number of ether oxygens (including phenoxy) is 1. The van der Waals surface area contributed by atoms with Crippen molar-refractivity contribution in [3.8, 4) is 6.07 Å². The van der Waals surface area contributed by atoms with Crippen LogP contribution >= 0.6 is 11.6 Å². The van der Waals surface area contributed by atoms with Crippen LogP contribution in [0, 0.1) is 22.6 Å². The van der Waals surface area contributed by atoms with Gasteiger partial charge in [0.2, 0.25) is 0 Å². The first-order chi connectivity index (χ1) is 20.6. The monoisotopic (exact) mass is 603 g/mol. The third-order valence-corrected chi connectivity index (χ3v) is 9.22. The molecule has 8 nitrogen and oxygen atoms in total. The zero-order valence-electron chi connectivity index (χ0n) is 24.4. The molecule has 0 radical (unpaired) electrons. The molecule has 1 aliphatic carbocycles. The second kappa shape index (κ2) is 11.3. The molecule has 10 heteroatoms. The van der Waals surface area contributed by atoms with Gasteiger partial charge < -0.3 is 14.7 Å². The van der Waals surface area contributed by atoms with E-state index in [0.29, 0.717) is 41.2 Å². The lowest BCUT2D eigenvalue weighted by Gasteiger charge is -2.40. The average Bonchev–Trinajstić information content (AvgIpc) is 3.74. The van der Waals surface area contributed by atoms with Gasteiger partial charge in [-0.25, -0.2) is 4.39 Å². The Labute approximate surface area is 256 Å². The van der Waals surface area contributed by atoms with E-state index < -0.39 is 28.5 Å². The van der Waals surface area contributed by atoms with Gasteiger partial charge in [0, 0.05) is 49.5 Å². The lowest BCUT2D eigenvalue weighted by atomic mass is 9.87. The fourth-order valence-electron chi connectivity index (χ4n) is 6.11. The number of carbonyl (C=O) groups is 1. The summed E-state index contributed by atoms with van der Waals surface area (Å²) < 4.78 is 23.3. The highest BCUT2D eigenvalue weighted by molar-refractivity contribution is 6.30. The second-order valence-electron chi connectivity index (χ2n) is 12.3. The summed E-state index contributed by atoms with van der Waals surface area (Å²) in [5, 5.41) is 22.0. The number of piperazine rings is 1. The van der Waals surface area contributed by atoms with E-state index in [4.69, 9.17) is 16.3 Å². The number of hydrogen-bond donors (Lipinski definition) is 1. The van der Waals surface area contributed by atoms with Crippen LogP contribution in [0.15, 0.2) is 60.8 Å². The molecule has 2 atom stereocenters. The fourth-order valence-corrected chi connectivity index (χ4v) is 6.24. The van der Waals surface area contributed by atoms with E-state index in [1.54, 1.807) is 55.6 Å². The van der Waals surface area contributed by atoms with Crippen molar-refractivity contribution in [3.63, 3.8) is 0 Å². The Balaban J connectivity index is 1.48. The van der Waals surface area contributed by atoms with Gasteiger partial charge >= 0.3 is 0 Å². The molecule has 0 bridgehead atoms. The van der Waals surface area contributed by atoms with Crippen LogP contribution in [-0.2, 0) is 22.6 Å². The Morgan fingerprint density at radius 3 is 2.49 bits per heavy atom. The molecule has 1 unspecified atom stereocenters. The summed E-state index contributed by atoms with van der Waals surface area (Å²) in [5.41, 5.74) is -2.21. The lowest BCUT2D eigenvalue weighted by molar-refractivity contribution is -0.122. The number of fused-ring (bicyclic) bond motifs is 1.